The number of hydrogen-bond acceptors (Lipinski definition) is 4. The van der Waals surface area contributed by atoms with Gasteiger partial charge in [0.15, 0.2) is 6.61 Å². The highest BCUT2D eigenvalue weighted by Crippen LogP contribution is 2.12. The second-order valence-corrected chi connectivity index (χ2v) is 5.61. The van der Waals surface area contributed by atoms with Gasteiger partial charge in [0.25, 0.3) is 11.8 Å². The molecule has 0 aliphatic rings. The van der Waals surface area contributed by atoms with E-state index in [0.717, 1.165) is 0 Å². The van der Waals surface area contributed by atoms with Gasteiger partial charge in [0, 0.05) is 31.3 Å². The van der Waals surface area contributed by atoms with Crippen LogP contribution in [0.2, 0.25) is 0 Å². The van der Waals surface area contributed by atoms with Crippen molar-refractivity contribution in [3.63, 3.8) is 0 Å². The fourth-order valence-electron chi connectivity index (χ4n) is 2.10. The summed E-state index contributed by atoms with van der Waals surface area (Å²) >= 11 is 0. The van der Waals surface area contributed by atoms with Crippen molar-refractivity contribution in [2.24, 2.45) is 0 Å². The summed E-state index contributed by atoms with van der Waals surface area (Å²) in [5.41, 5.74) is 0.941. The van der Waals surface area contributed by atoms with E-state index in [2.05, 4.69) is 16.0 Å². The van der Waals surface area contributed by atoms with Crippen molar-refractivity contribution < 1.29 is 23.5 Å². The molecule has 0 aliphatic carbocycles. The van der Waals surface area contributed by atoms with Crippen molar-refractivity contribution in [3.05, 3.63) is 59.9 Å². The lowest BCUT2D eigenvalue weighted by atomic mass is 10.2. The molecule has 0 aromatic heterocycles. The van der Waals surface area contributed by atoms with Crippen molar-refractivity contribution in [2.75, 3.05) is 25.0 Å². The van der Waals surface area contributed by atoms with Crippen molar-refractivity contribution >= 4 is 23.4 Å². The van der Waals surface area contributed by atoms with Crippen LogP contribution in [0.3, 0.4) is 0 Å². The Morgan fingerprint density at radius 2 is 1.56 bits per heavy atom. The van der Waals surface area contributed by atoms with Gasteiger partial charge in [0.1, 0.15) is 11.6 Å². The zero-order chi connectivity index (χ0) is 19.6. The van der Waals surface area contributed by atoms with Gasteiger partial charge in [-0.1, -0.05) is 0 Å². The maximum atomic E-state index is 12.8. The van der Waals surface area contributed by atoms with Crippen LogP contribution in [0, 0.1) is 5.82 Å². The molecule has 2 aromatic rings. The van der Waals surface area contributed by atoms with Crippen LogP contribution in [0.15, 0.2) is 48.5 Å². The minimum atomic E-state index is -0.383. The molecule has 0 aliphatic heterocycles. The highest BCUT2D eigenvalue weighted by molar-refractivity contribution is 5.96. The molecular formula is C19H20FN3O4. The molecule has 8 heteroatoms. The molecule has 0 saturated carbocycles. The van der Waals surface area contributed by atoms with E-state index in [1.54, 1.807) is 24.3 Å². The molecule has 2 rings (SSSR count). The summed E-state index contributed by atoms with van der Waals surface area (Å²) in [6, 6.07) is 11.7. The minimum absolute atomic E-state index is 0.159. The quantitative estimate of drug-likeness (QED) is 0.614. The van der Waals surface area contributed by atoms with Crippen LogP contribution in [0.5, 0.6) is 5.75 Å². The third kappa shape index (κ3) is 7.15. The number of carbonyl (C=O) groups is 3. The average Bonchev–Trinajstić information content (AvgIpc) is 2.65. The first-order valence-electron chi connectivity index (χ1n) is 8.25. The van der Waals surface area contributed by atoms with Crippen LogP contribution in [-0.2, 0) is 9.59 Å². The first kappa shape index (κ1) is 19.9. The van der Waals surface area contributed by atoms with Gasteiger partial charge in [-0.2, -0.15) is 0 Å². The summed E-state index contributed by atoms with van der Waals surface area (Å²) in [4.78, 5) is 34.6. The number of carbonyl (C=O) groups excluding carboxylic acids is 3. The lowest BCUT2D eigenvalue weighted by Crippen LogP contribution is -2.33. The Bertz CT molecular complexity index is 792. The van der Waals surface area contributed by atoms with Crippen LogP contribution < -0.4 is 20.7 Å². The molecule has 27 heavy (non-hydrogen) atoms. The number of ether oxygens (including phenoxy) is 1. The molecule has 2 aromatic carbocycles. The van der Waals surface area contributed by atoms with Gasteiger partial charge in [0.05, 0.1) is 0 Å². The molecule has 0 atom stereocenters. The topological polar surface area (TPSA) is 96.5 Å². The number of nitrogens with one attached hydrogen (secondary N) is 3. The predicted octanol–water partition coefficient (Wildman–Crippen LogP) is 1.71. The number of anilines is 1. The molecule has 142 valence electrons. The second kappa shape index (κ2) is 9.91. The van der Waals surface area contributed by atoms with Crippen LogP contribution in [0.1, 0.15) is 17.3 Å². The monoisotopic (exact) mass is 373 g/mol. The third-order valence-corrected chi connectivity index (χ3v) is 3.40. The Kier molecular flexibility index (Phi) is 7.30. The first-order chi connectivity index (χ1) is 12.9. The van der Waals surface area contributed by atoms with E-state index in [9.17, 15) is 18.8 Å². The fraction of sp³-hybridized carbons (Fsp3) is 0.211. The molecule has 0 unspecified atom stereocenters. The summed E-state index contributed by atoms with van der Waals surface area (Å²) in [6.45, 7) is 1.84. The highest BCUT2D eigenvalue weighted by Gasteiger charge is 2.07. The summed E-state index contributed by atoms with van der Waals surface area (Å²) < 4.78 is 18.1. The zero-order valence-electron chi connectivity index (χ0n) is 14.8. The molecular weight excluding hydrogens is 353 g/mol. The number of amides is 3. The fourth-order valence-corrected chi connectivity index (χ4v) is 2.10. The molecule has 0 spiro atoms. The van der Waals surface area contributed by atoms with Gasteiger partial charge in [-0.05, 0) is 48.5 Å². The largest absolute Gasteiger partial charge is 0.484 e. The SMILES string of the molecule is CC(=O)NCCNC(=O)c1ccc(NC(=O)COc2ccc(F)cc2)cc1. The van der Waals surface area contributed by atoms with Crippen molar-refractivity contribution in [1.29, 1.82) is 0 Å². The second-order valence-electron chi connectivity index (χ2n) is 5.61. The molecule has 0 fully saturated rings. The van der Waals surface area contributed by atoms with Crippen molar-refractivity contribution in [2.45, 2.75) is 6.92 Å². The van der Waals surface area contributed by atoms with E-state index in [4.69, 9.17) is 4.74 Å². The predicted molar refractivity (Wildman–Crippen MR) is 98.0 cm³/mol. The van der Waals surface area contributed by atoms with Gasteiger partial charge in [0.2, 0.25) is 5.91 Å². The summed E-state index contributed by atoms with van der Waals surface area (Å²) in [5, 5.41) is 7.88. The lowest BCUT2D eigenvalue weighted by molar-refractivity contribution is -0.119. The van der Waals surface area contributed by atoms with E-state index in [1.807, 2.05) is 0 Å². The van der Waals surface area contributed by atoms with Crippen LogP contribution in [-0.4, -0.2) is 37.4 Å². The van der Waals surface area contributed by atoms with Gasteiger partial charge < -0.3 is 20.7 Å². The van der Waals surface area contributed by atoms with Crippen LogP contribution in [0.25, 0.3) is 0 Å². The summed E-state index contributed by atoms with van der Waals surface area (Å²) in [6.07, 6.45) is 0. The maximum Gasteiger partial charge on any atom is 0.262 e. The van der Waals surface area contributed by atoms with Gasteiger partial charge in [-0.15, -0.1) is 0 Å². The van der Waals surface area contributed by atoms with Crippen molar-refractivity contribution in [3.8, 4) is 5.75 Å². The van der Waals surface area contributed by atoms with E-state index >= 15 is 0 Å². The van der Waals surface area contributed by atoms with Gasteiger partial charge >= 0.3 is 0 Å². The van der Waals surface area contributed by atoms with Crippen LogP contribution in [0.4, 0.5) is 10.1 Å². The van der Waals surface area contributed by atoms with Gasteiger partial charge in [-0.3, -0.25) is 14.4 Å². The first-order valence-corrected chi connectivity index (χ1v) is 8.25. The number of rotatable bonds is 8. The van der Waals surface area contributed by atoms with E-state index in [-0.39, 0.29) is 30.1 Å². The van der Waals surface area contributed by atoms with Crippen LogP contribution >= 0.6 is 0 Å². The summed E-state index contributed by atoms with van der Waals surface area (Å²) in [5.74, 6) is -0.818. The third-order valence-electron chi connectivity index (χ3n) is 3.40. The maximum absolute atomic E-state index is 12.8. The molecule has 7 nitrogen and oxygen atoms in total. The number of benzene rings is 2. The van der Waals surface area contributed by atoms with E-state index in [1.165, 1.54) is 31.2 Å². The Balaban J connectivity index is 1.77. The zero-order valence-corrected chi connectivity index (χ0v) is 14.8. The average molecular weight is 373 g/mol. The Morgan fingerprint density at radius 1 is 0.926 bits per heavy atom. The molecule has 0 bridgehead atoms. The molecule has 0 radical (unpaired) electrons. The van der Waals surface area contributed by atoms with Crippen molar-refractivity contribution in [1.82, 2.24) is 10.6 Å². The smallest absolute Gasteiger partial charge is 0.262 e. The number of hydrogen-bond donors (Lipinski definition) is 3. The standard InChI is InChI=1S/C19H20FN3O4/c1-13(24)21-10-11-22-19(26)14-2-6-16(7-3-14)23-18(25)12-27-17-8-4-15(20)5-9-17/h2-9H,10-12H2,1H3,(H,21,24)(H,22,26)(H,23,25). The van der Waals surface area contributed by atoms with E-state index < -0.39 is 0 Å². The Morgan fingerprint density at radius 3 is 2.19 bits per heavy atom. The highest BCUT2D eigenvalue weighted by atomic mass is 19.1. The molecule has 0 saturated heterocycles. The lowest BCUT2D eigenvalue weighted by Gasteiger charge is -2.09. The Labute approximate surface area is 155 Å². The minimum Gasteiger partial charge on any atom is -0.484 e. The molecule has 3 amide bonds. The Hall–Kier alpha value is -3.42. The normalized spacial score (nSPS) is 10.0. The summed E-state index contributed by atoms with van der Waals surface area (Å²) in [7, 11) is 0. The van der Waals surface area contributed by atoms with Gasteiger partial charge in [-0.25, -0.2) is 4.39 Å². The molecule has 3 N–H and O–H groups in total. The molecule has 0 heterocycles. The van der Waals surface area contributed by atoms with E-state index in [0.29, 0.717) is 30.1 Å². The number of halogens is 1.